The fourth-order valence-corrected chi connectivity index (χ4v) is 6.73. The van der Waals surface area contributed by atoms with Gasteiger partial charge in [0.2, 0.25) is 0 Å². The first-order chi connectivity index (χ1) is 22.3. The van der Waals surface area contributed by atoms with Gasteiger partial charge >= 0.3 is 0 Å². The molecule has 3 heteroatoms. The Labute approximate surface area is 260 Å². The molecule has 2 aromatic heterocycles. The molecule has 0 spiro atoms. The Morgan fingerprint density at radius 2 is 1.09 bits per heavy atom. The number of rotatable bonds is 5. The van der Waals surface area contributed by atoms with Gasteiger partial charge in [0, 0.05) is 33.1 Å². The molecule has 1 N–H and O–H groups in total. The van der Waals surface area contributed by atoms with Crippen LogP contribution in [0.5, 0.6) is 0 Å². The van der Waals surface area contributed by atoms with E-state index in [0.29, 0.717) is 0 Å². The first-order valence-electron chi connectivity index (χ1n) is 15.3. The molecule has 0 amide bonds. The maximum atomic E-state index is 6.21. The molecule has 3 nitrogen and oxygen atoms in total. The summed E-state index contributed by atoms with van der Waals surface area (Å²) in [5.41, 5.74) is 12.0. The molecular formula is C42H28N2O. The molecular weight excluding hydrogens is 548 g/mol. The van der Waals surface area contributed by atoms with E-state index in [0.717, 1.165) is 61.3 Å². The number of nitrogens with one attached hydrogen (secondary N) is 1. The van der Waals surface area contributed by atoms with Crippen LogP contribution in [0.3, 0.4) is 0 Å². The predicted molar refractivity (Wildman–Crippen MR) is 189 cm³/mol. The van der Waals surface area contributed by atoms with Gasteiger partial charge in [0.15, 0.2) is 0 Å². The Kier molecular flexibility index (Phi) is 5.82. The van der Waals surface area contributed by atoms with E-state index in [1.807, 2.05) is 18.2 Å². The number of anilines is 2. The maximum Gasteiger partial charge on any atom is 0.137 e. The molecule has 2 heterocycles. The van der Waals surface area contributed by atoms with Crippen LogP contribution in [0, 0.1) is 0 Å². The lowest BCUT2D eigenvalue weighted by Crippen LogP contribution is -1.96. The lowest BCUT2D eigenvalue weighted by atomic mass is 9.97. The van der Waals surface area contributed by atoms with Crippen molar-refractivity contribution in [3.05, 3.63) is 164 Å². The highest BCUT2D eigenvalue weighted by atomic mass is 16.3. The highest BCUT2D eigenvalue weighted by molar-refractivity contribution is 6.13. The van der Waals surface area contributed by atoms with Crippen LogP contribution in [-0.4, -0.2) is 4.57 Å². The number of furan rings is 1. The van der Waals surface area contributed by atoms with Gasteiger partial charge in [-0.2, -0.15) is 0 Å². The molecule has 9 aromatic rings. The minimum atomic E-state index is 0.873. The van der Waals surface area contributed by atoms with E-state index in [1.54, 1.807) is 0 Å². The van der Waals surface area contributed by atoms with Gasteiger partial charge in [-0.3, -0.25) is 0 Å². The van der Waals surface area contributed by atoms with Crippen LogP contribution in [0.4, 0.5) is 11.4 Å². The third-order valence-corrected chi connectivity index (χ3v) is 8.80. The Morgan fingerprint density at radius 1 is 0.422 bits per heavy atom. The van der Waals surface area contributed by atoms with E-state index in [-0.39, 0.29) is 0 Å². The maximum absolute atomic E-state index is 6.21. The molecule has 0 radical (unpaired) electrons. The minimum absolute atomic E-state index is 0.873. The molecule has 0 saturated carbocycles. The van der Waals surface area contributed by atoms with E-state index in [2.05, 4.69) is 155 Å². The molecule has 7 aromatic carbocycles. The highest BCUT2D eigenvalue weighted by Gasteiger charge is 2.16. The molecule has 0 aliphatic heterocycles. The molecule has 0 saturated heterocycles. The summed E-state index contributed by atoms with van der Waals surface area (Å²) in [5, 5.41) is 8.53. The van der Waals surface area contributed by atoms with Crippen molar-refractivity contribution < 1.29 is 4.42 Å². The lowest BCUT2D eigenvalue weighted by molar-refractivity contribution is 0.669. The van der Waals surface area contributed by atoms with E-state index in [4.69, 9.17) is 4.42 Å². The zero-order valence-corrected chi connectivity index (χ0v) is 24.4. The van der Waals surface area contributed by atoms with Crippen LogP contribution >= 0.6 is 0 Å². The summed E-state index contributed by atoms with van der Waals surface area (Å²) in [6.45, 7) is 0. The first kappa shape index (κ1) is 25.4. The number of hydrogen-bond donors (Lipinski definition) is 1. The number of nitrogens with zero attached hydrogens (tertiary/aromatic N) is 1. The van der Waals surface area contributed by atoms with Crippen LogP contribution in [-0.2, 0) is 0 Å². The van der Waals surface area contributed by atoms with Crippen molar-refractivity contribution in [1.82, 2.24) is 4.57 Å². The van der Waals surface area contributed by atoms with E-state index in [9.17, 15) is 0 Å². The molecule has 0 bridgehead atoms. The second-order valence-electron chi connectivity index (χ2n) is 11.4. The van der Waals surface area contributed by atoms with Gasteiger partial charge in [0.05, 0.1) is 22.1 Å². The van der Waals surface area contributed by atoms with E-state index in [1.165, 1.54) is 21.8 Å². The highest BCUT2D eigenvalue weighted by Crippen LogP contribution is 2.40. The Balaban J connectivity index is 1.24. The molecule has 0 aliphatic rings. The monoisotopic (exact) mass is 576 g/mol. The van der Waals surface area contributed by atoms with E-state index < -0.39 is 0 Å². The van der Waals surface area contributed by atoms with Crippen molar-refractivity contribution >= 4 is 55.1 Å². The third-order valence-electron chi connectivity index (χ3n) is 8.80. The van der Waals surface area contributed by atoms with Gasteiger partial charge in [-0.25, -0.2) is 0 Å². The van der Waals surface area contributed by atoms with Crippen molar-refractivity contribution in [3.63, 3.8) is 0 Å². The number of aromatic nitrogens is 1. The number of fused-ring (bicyclic) bond motifs is 6. The molecule has 0 aliphatic carbocycles. The summed E-state index contributed by atoms with van der Waals surface area (Å²) in [7, 11) is 0. The average Bonchev–Trinajstić information content (AvgIpc) is 3.65. The first-order valence-corrected chi connectivity index (χ1v) is 15.3. The third kappa shape index (κ3) is 4.21. The summed E-state index contributed by atoms with van der Waals surface area (Å²) in [5.74, 6) is 0. The van der Waals surface area contributed by atoms with Gasteiger partial charge in [0.1, 0.15) is 11.2 Å². The summed E-state index contributed by atoms with van der Waals surface area (Å²) >= 11 is 0. The molecule has 0 fully saturated rings. The molecule has 9 rings (SSSR count). The van der Waals surface area contributed by atoms with Crippen LogP contribution in [0.2, 0.25) is 0 Å². The summed E-state index contributed by atoms with van der Waals surface area (Å²) in [6.07, 6.45) is 0. The summed E-state index contributed by atoms with van der Waals surface area (Å²) in [6, 6.07) is 57.9. The van der Waals surface area contributed by atoms with E-state index >= 15 is 0 Å². The van der Waals surface area contributed by atoms with Crippen molar-refractivity contribution in [1.29, 1.82) is 0 Å². The second kappa shape index (κ2) is 10.3. The Morgan fingerprint density at radius 3 is 1.96 bits per heavy atom. The van der Waals surface area contributed by atoms with Gasteiger partial charge in [-0.1, -0.05) is 115 Å². The molecule has 0 unspecified atom stereocenters. The largest absolute Gasteiger partial charge is 0.456 e. The molecule has 45 heavy (non-hydrogen) atoms. The smallest absolute Gasteiger partial charge is 0.137 e. The SMILES string of the molecule is c1ccc(-c2ccc(-c3ccc4c5ccccc5n(-c5ccccc5)c4c3)cc2Nc2cccc3oc4ccccc4c23)cc1. The molecule has 212 valence electrons. The molecule has 0 atom stereocenters. The average molecular weight is 577 g/mol. The zero-order chi connectivity index (χ0) is 29.7. The van der Waals surface area contributed by atoms with Crippen molar-refractivity contribution in [3.8, 4) is 27.9 Å². The number of para-hydroxylation sites is 3. The minimum Gasteiger partial charge on any atom is -0.456 e. The van der Waals surface area contributed by atoms with Gasteiger partial charge in [-0.05, 0) is 65.2 Å². The topological polar surface area (TPSA) is 30.1 Å². The van der Waals surface area contributed by atoms with Crippen LogP contribution < -0.4 is 5.32 Å². The predicted octanol–water partition coefficient (Wildman–Crippen LogP) is 11.8. The lowest BCUT2D eigenvalue weighted by Gasteiger charge is -2.16. The van der Waals surface area contributed by atoms with Gasteiger partial charge in [-0.15, -0.1) is 0 Å². The van der Waals surface area contributed by atoms with Crippen LogP contribution in [0.25, 0.3) is 71.7 Å². The Hall–Kier alpha value is -6.06. The Bertz CT molecular complexity index is 2510. The second-order valence-corrected chi connectivity index (χ2v) is 11.4. The fourth-order valence-electron chi connectivity index (χ4n) is 6.73. The number of benzene rings is 7. The normalized spacial score (nSPS) is 11.6. The van der Waals surface area contributed by atoms with Crippen LogP contribution in [0.15, 0.2) is 168 Å². The van der Waals surface area contributed by atoms with Gasteiger partial charge < -0.3 is 14.3 Å². The standard InChI is InChI=1S/C42H28N2O/c1-3-12-28(13-4-1)32-24-22-29(26-37(32)43-36-18-11-21-41-42(36)35-17-8-10-20-40(35)45-41)30-23-25-34-33-16-7-9-19-38(33)44(39(34)27-30)31-14-5-2-6-15-31/h1-27,43H. The van der Waals surface area contributed by atoms with Crippen molar-refractivity contribution in [2.75, 3.05) is 5.32 Å². The number of hydrogen-bond acceptors (Lipinski definition) is 2. The zero-order valence-electron chi connectivity index (χ0n) is 24.4. The van der Waals surface area contributed by atoms with Crippen molar-refractivity contribution in [2.45, 2.75) is 0 Å². The quantitative estimate of drug-likeness (QED) is 0.221. The summed E-state index contributed by atoms with van der Waals surface area (Å²) < 4.78 is 8.58. The summed E-state index contributed by atoms with van der Waals surface area (Å²) in [4.78, 5) is 0. The van der Waals surface area contributed by atoms with Crippen molar-refractivity contribution in [2.24, 2.45) is 0 Å². The van der Waals surface area contributed by atoms with Gasteiger partial charge in [0.25, 0.3) is 0 Å². The van der Waals surface area contributed by atoms with Crippen LogP contribution in [0.1, 0.15) is 0 Å². The fraction of sp³-hybridized carbons (Fsp3) is 0.